The van der Waals surface area contributed by atoms with Crippen LogP contribution in [0.3, 0.4) is 0 Å². The Morgan fingerprint density at radius 3 is 1.66 bits per heavy atom. The van der Waals surface area contributed by atoms with Gasteiger partial charge in [0.2, 0.25) is 22.4 Å². The van der Waals surface area contributed by atoms with Crippen LogP contribution < -0.4 is 0 Å². The normalized spacial score (nSPS) is 16.4. The third-order valence-electron chi connectivity index (χ3n) is 4.83. The first-order valence-corrected chi connectivity index (χ1v) is 32.7. The fraction of sp³-hybridized carbons (Fsp3) is 0.864. The molecule has 0 aliphatic heterocycles. The number of esters is 1. The van der Waals surface area contributed by atoms with Crippen LogP contribution in [0.15, 0.2) is 11.5 Å². The summed E-state index contributed by atoms with van der Waals surface area (Å²) in [7, 11) is -10.00. The summed E-state index contributed by atoms with van der Waals surface area (Å²) in [4.78, 5) is 12.9. The Balaban J connectivity index is 6.61. The van der Waals surface area contributed by atoms with Crippen LogP contribution in [0, 0.1) is 5.92 Å². The topological polar surface area (TPSA) is 113 Å². The largest absolute Gasteiger partial charge is 0.544 e. The Morgan fingerprint density at radius 1 is 0.842 bits per heavy atom. The molecule has 38 heavy (non-hydrogen) atoms. The quantitative estimate of drug-likeness (QED) is 0.0992. The van der Waals surface area contributed by atoms with Gasteiger partial charge in [0.1, 0.15) is 16.2 Å². The summed E-state index contributed by atoms with van der Waals surface area (Å²) in [5.74, 6) is -1.01. The first-order valence-electron chi connectivity index (χ1n) is 13.4. The molecule has 2 N–H and O–H groups in total. The van der Waals surface area contributed by atoms with Crippen molar-refractivity contribution in [3.05, 3.63) is 11.5 Å². The van der Waals surface area contributed by atoms with E-state index < -0.39 is 75.2 Å². The van der Waals surface area contributed by atoms with E-state index in [0.717, 1.165) is 6.04 Å². The van der Waals surface area contributed by atoms with Crippen molar-refractivity contribution in [1.29, 1.82) is 0 Å². The molecule has 16 heteroatoms. The van der Waals surface area contributed by atoms with Gasteiger partial charge in [-0.25, -0.2) is 4.79 Å². The minimum absolute atomic E-state index is 0.00376. The molecular formula is C22H56O9Si7. The van der Waals surface area contributed by atoms with E-state index in [1.807, 2.05) is 39.3 Å². The molecule has 0 aliphatic rings. The van der Waals surface area contributed by atoms with E-state index >= 15 is 0 Å². The second-order valence-corrected chi connectivity index (χ2v) is 41.6. The molecule has 2 atom stereocenters. The smallest absolute Gasteiger partial charge is 0.375 e. The average molecular weight is 661 g/mol. The Morgan fingerprint density at radius 2 is 1.32 bits per heavy atom. The second kappa shape index (κ2) is 15.4. The number of methoxy groups -OCH3 is 1. The highest BCUT2D eigenvalue weighted by molar-refractivity contribution is 7.20. The Bertz CT molecular complexity index is 753. The van der Waals surface area contributed by atoms with Gasteiger partial charge < -0.3 is 36.1 Å². The summed E-state index contributed by atoms with van der Waals surface area (Å²) in [5, 5.41) is 21.0. The van der Waals surface area contributed by atoms with E-state index in [9.17, 15) is 15.0 Å². The van der Waals surface area contributed by atoms with Crippen LogP contribution in [0.5, 0.6) is 0 Å². The molecule has 0 rings (SSSR count). The number of carbonyl (C=O) groups is 1. The van der Waals surface area contributed by atoms with Crippen LogP contribution >= 0.6 is 0 Å². The van der Waals surface area contributed by atoms with Gasteiger partial charge in [0.25, 0.3) is 0 Å². The van der Waals surface area contributed by atoms with Crippen LogP contribution in [0.4, 0.5) is 0 Å². The monoisotopic (exact) mass is 660 g/mol. The number of carbonyl (C=O) groups excluding carboxylic acids is 1. The fourth-order valence-electron chi connectivity index (χ4n) is 4.02. The van der Waals surface area contributed by atoms with Crippen molar-refractivity contribution in [3.63, 3.8) is 0 Å². The van der Waals surface area contributed by atoms with Gasteiger partial charge in [0.15, 0.2) is 25.9 Å². The van der Waals surface area contributed by atoms with Crippen LogP contribution in [-0.4, -0.2) is 97.1 Å². The zero-order chi connectivity index (χ0) is 30.2. The van der Waals surface area contributed by atoms with Crippen molar-refractivity contribution in [2.75, 3.05) is 13.7 Å². The molecular weight excluding hydrogens is 605 g/mol. The van der Waals surface area contributed by atoms with Crippen LogP contribution in [0.1, 0.15) is 12.8 Å². The number of rotatable bonds is 18. The predicted octanol–water partition coefficient (Wildman–Crippen LogP) is 2.85. The van der Waals surface area contributed by atoms with Crippen molar-refractivity contribution in [1.82, 2.24) is 0 Å². The fourth-order valence-corrected chi connectivity index (χ4v) is 33.1. The molecule has 0 spiro atoms. The van der Waals surface area contributed by atoms with Gasteiger partial charge in [-0.15, -0.1) is 0 Å². The summed E-state index contributed by atoms with van der Waals surface area (Å²) in [6.07, 6.45) is -0.00284. The van der Waals surface area contributed by atoms with Crippen molar-refractivity contribution >= 4 is 67.1 Å². The molecule has 0 saturated carbocycles. The zero-order valence-electron chi connectivity index (χ0n) is 26.4. The Labute approximate surface area is 242 Å². The lowest BCUT2D eigenvalue weighted by atomic mass is 9.94. The minimum atomic E-state index is -2.59. The van der Waals surface area contributed by atoms with Crippen molar-refractivity contribution in [2.45, 2.75) is 104 Å². The van der Waals surface area contributed by atoms with E-state index in [-0.39, 0.29) is 11.5 Å². The van der Waals surface area contributed by atoms with Crippen molar-refractivity contribution in [2.24, 2.45) is 5.92 Å². The van der Waals surface area contributed by atoms with Gasteiger partial charge in [-0.3, -0.25) is 0 Å². The highest BCUT2D eigenvalue weighted by Crippen LogP contribution is 2.33. The van der Waals surface area contributed by atoms with Gasteiger partial charge in [0.05, 0.1) is 19.8 Å². The molecule has 0 amide bonds. The Kier molecular flexibility index (Phi) is 15.4. The first-order chi connectivity index (χ1) is 17.0. The lowest BCUT2D eigenvalue weighted by Crippen LogP contribution is -2.59. The molecule has 0 aromatic rings. The summed E-state index contributed by atoms with van der Waals surface area (Å²) in [6.45, 7) is 24.6. The third-order valence-corrected chi connectivity index (χ3v) is 24.6. The molecule has 0 aromatic heterocycles. The van der Waals surface area contributed by atoms with E-state index in [1.165, 1.54) is 7.11 Å². The maximum atomic E-state index is 12.9. The number of aliphatic hydroxyl groups is 2. The van der Waals surface area contributed by atoms with E-state index in [4.69, 9.17) is 25.9 Å². The van der Waals surface area contributed by atoms with Gasteiger partial charge in [0, 0.05) is 5.92 Å². The molecule has 0 bridgehead atoms. The molecule has 2 unspecified atom stereocenters. The highest BCUT2D eigenvalue weighted by Gasteiger charge is 2.45. The van der Waals surface area contributed by atoms with Crippen LogP contribution in [0.2, 0.25) is 84.6 Å². The molecule has 0 heterocycles. The minimum Gasteiger partial charge on any atom is -0.544 e. The standard InChI is InChI=1S/C22H56O9Si7/c1-26-22(25)21(28-35(5,6)7)20(27-34(2,3)4)18(19(24)17-23)15-14-16-38(33-29-32,30-36(8,9)10)31-37(11,12)13/h18-19,23-24H,14-17,33H2,1-13,32H3. The third kappa shape index (κ3) is 15.8. The van der Waals surface area contributed by atoms with Crippen LogP contribution in [-0.2, 0) is 30.7 Å². The zero-order valence-corrected chi connectivity index (χ0v) is 34.9. The van der Waals surface area contributed by atoms with Crippen LogP contribution in [0.25, 0.3) is 0 Å². The summed E-state index contributed by atoms with van der Waals surface area (Å²) in [6, 6.07) is 0.729. The molecule has 226 valence electrons. The van der Waals surface area contributed by atoms with Gasteiger partial charge >= 0.3 is 14.0 Å². The van der Waals surface area contributed by atoms with Gasteiger partial charge in [-0.1, -0.05) is 6.42 Å². The first kappa shape index (κ1) is 38.1. The van der Waals surface area contributed by atoms with E-state index in [2.05, 4.69) is 39.3 Å². The number of ether oxygens (including phenoxy) is 1. The molecule has 9 nitrogen and oxygen atoms in total. The second-order valence-electron chi connectivity index (χ2n) is 13.6. The Hall–Kier alpha value is 0.128. The summed E-state index contributed by atoms with van der Waals surface area (Å²) in [5.41, 5.74) is 0. The molecule has 0 aliphatic carbocycles. The van der Waals surface area contributed by atoms with Gasteiger partial charge in [-0.2, -0.15) is 0 Å². The maximum Gasteiger partial charge on any atom is 0.375 e. The lowest BCUT2D eigenvalue weighted by molar-refractivity contribution is -0.139. The maximum absolute atomic E-state index is 12.9. The summed E-state index contributed by atoms with van der Waals surface area (Å²) < 4.78 is 37.3. The number of hydrogen-bond acceptors (Lipinski definition) is 9. The SMILES string of the molecule is COC(=O)C(O[Si](C)(C)C)=C(O[Si](C)(C)C)C(CCC[Si](O[Si](C)(C)C)(O[Si](C)(C)C)[SiH2]O[SiH3])C(O)CO. The molecule has 0 aromatic carbocycles. The predicted molar refractivity (Wildman–Crippen MR) is 173 cm³/mol. The highest BCUT2D eigenvalue weighted by atomic mass is 29.2. The summed E-state index contributed by atoms with van der Waals surface area (Å²) >= 11 is 0. The molecule has 0 fully saturated rings. The van der Waals surface area contributed by atoms with Crippen molar-refractivity contribution < 1.29 is 40.9 Å². The molecule has 0 saturated heterocycles. The number of hydrogen-bond donors (Lipinski definition) is 2. The average Bonchev–Trinajstić information content (AvgIpc) is 2.69. The lowest BCUT2D eigenvalue weighted by Gasteiger charge is -2.41. The molecule has 0 radical (unpaired) electrons. The van der Waals surface area contributed by atoms with E-state index in [1.54, 1.807) is 0 Å². The van der Waals surface area contributed by atoms with Crippen molar-refractivity contribution in [3.8, 4) is 0 Å². The van der Waals surface area contributed by atoms with E-state index in [0.29, 0.717) is 23.3 Å². The number of aliphatic hydroxyl groups excluding tert-OH is 2. The van der Waals surface area contributed by atoms with Gasteiger partial charge in [-0.05, 0) is 91.0 Å².